The van der Waals surface area contributed by atoms with Crippen LogP contribution in [0.2, 0.25) is 0 Å². The van der Waals surface area contributed by atoms with E-state index >= 15 is 0 Å². The summed E-state index contributed by atoms with van der Waals surface area (Å²) in [5.74, 6) is 2.56. The fourth-order valence-electron chi connectivity index (χ4n) is 2.16. The Kier molecular flexibility index (Phi) is 3.70. The second kappa shape index (κ2) is 5.81. The lowest BCUT2D eigenvalue weighted by molar-refractivity contribution is 0.397. The lowest BCUT2D eigenvalue weighted by atomic mass is 10.2. The van der Waals surface area contributed by atoms with Gasteiger partial charge in [-0.1, -0.05) is 0 Å². The van der Waals surface area contributed by atoms with Crippen molar-refractivity contribution in [1.82, 2.24) is 4.98 Å². The van der Waals surface area contributed by atoms with E-state index in [1.807, 2.05) is 18.2 Å². The Hall–Kier alpha value is -2.95. The molecule has 0 saturated heterocycles. The quantitative estimate of drug-likeness (QED) is 0.745. The van der Waals surface area contributed by atoms with E-state index in [9.17, 15) is 0 Å². The number of pyridine rings is 1. The third-order valence-electron chi connectivity index (χ3n) is 3.28. The third kappa shape index (κ3) is 2.74. The van der Waals surface area contributed by atoms with Gasteiger partial charge in [0.1, 0.15) is 17.2 Å². The highest BCUT2D eigenvalue weighted by molar-refractivity contribution is 5.87. The fraction of sp³-hybridized carbons (Fsp3) is 0.118. The summed E-state index contributed by atoms with van der Waals surface area (Å²) >= 11 is 0. The van der Waals surface area contributed by atoms with Gasteiger partial charge < -0.3 is 19.9 Å². The minimum absolute atomic E-state index is 0.493. The summed E-state index contributed by atoms with van der Waals surface area (Å²) in [6, 6.07) is 14.5. The molecule has 0 unspecified atom stereocenters. The number of nitrogen functional groups attached to an aromatic ring is 1. The summed E-state index contributed by atoms with van der Waals surface area (Å²) in [6.45, 7) is 0. The van der Waals surface area contributed by atoms with Gasteiger partial charge in [0.25, 0.3) is 0 Å². The number of benzene rings is 2. The van der Waals surface area contributed by atoms with E-state index in [0.717, 1.165) is 10.9 Å². The number of nitrogens with two attached hydrogens (primary N) is 1. The normalized spacial score (nSPS) is 10.5. The second-order valence-electron chi connectivity index (χ2n) is 4.72. The minimum Gasteiger partial charge on any atom is -0.497 e. The maximum Gasteiger partial charge on any atom is 0.219 e. The number of hydrogen-bond acceptors (Lipinski definition) is 5. The maximum absolute atomic E-state index is 5.74. The molecule has 22 heavy (non-hydrogen) atoms. The number of hydrogen-bond donors (Lipinski definition) is 1. The first-order valence-corrected chi connectivity index (χ1v) is 6.76. The van der Waals surface area contributed by atoms with Gasteiger partial charge in [-0.2, -0.15) is 0 Å². The lowest BCUT2D eigenvalue weighted by Gasteiger charge is -2.10. The average Bonchev–Trinajstić information content (AvgIpc) is 2.55. The van der Waals surface area contributed by atoms with Gasteiger partial charge in [-0.3, -0.25) is 0 Å². The molecule has 3 rings (SSSR count). The molecule has 0 aliphatic carbocycles. The molecule has 0 fully saturated rings. The molecule has 0 aliphatic rings. The summed E-state index contributed by atoms with van der Waals surface area (Å²) in [7, 11) is 3.22. The van der Waals surface area contributed by atoms with E-state index in [-0.39, 0.29) is 0 Å². The number of nitrogens with zero attached hydrogens (tertiary/aromatic N) is 1. The molecule has 1 heterocycles. The first-order valence-electron chi connectivity index (χ1n) is 6.76. The van der Waals surface area contributed by atoms with Gasteiger partial charge in [-0.05, 0) is 30.3 Å². The van der Waals surface area contributed by atoms with Gasteiger partial charge in [-0.25, -0.2) is 4.98 Å². The minimum atomic E-state index is 0.493. The summed E-state index contributed by atoms with van der Waals surface area (Å²) in [6.07, 6.45) is 0. The van der Waals surface area contributed by atoms with Gasteiger partial charge in [-0.15, -0.1) is 0 Å². The molecule has 0 aliphatic heterocycles. The van der Waals surface area contributed by atoms with E-state index in [0.29, 0.717) is 28.8 Å². The molecule has 0 atom stereocenters. The molecule has 5 nitrogen and oxygen atoms in total. The monoisotopic (exact) mass is 296 g/mol. The Morgan fingerprint density at radius 2 is 1.64 bits per heavy atom. The Morgan fingerprint density at radius 3 is 2.32 bits per heavy atom. The van der Waals surface area contributed by atoms with Crippen LogP contribution in [0, 0.1) is 0 Å². The standard InChI is InChI=1S/C17H16N2O3/c1-20-13-9-15-14(16(10-13)21-2)7-8-17(19-15)22-12-5-3-11(18)4-6-12/h3-10H,18H2,1-2H3. The molecule has 5 heteroatoms. The first kappa shape index (κ1) is 14.0. The molecule has 1 aromatic heterocycles. The molecular formula is C17H16N2O3. The predicted octanol–water partition coefficient (Wildman–Crippen LogP) is 3.63. The molecule has 2 N–H and O–H groups in total. The molecule has 3 aromatic rings. The topological polar surface area (TPSA) is 66.6 Å². The summed E-state index contributed by atoms with van der Waals surface area (Å²) in [5.41, 5.74) is 7.09. The Morgan fingerprint density at radius 1 is 0.864 bits per heavy atom. The first-order chi connectivity index (χ1) is 10.7. The number of anilines is 1. The largest absolute Gasteiger partial charge is 0.497 e. The highest BCUT2D eigenvalue weighted by Gasteiger charge is 2.08. The summed E-state index contributed by atoms with van der Waals surface area (Å²) in [4.78, 5) is 4.50. The molecule has 112 valence electrons. The van der Waals surface area contributed by atoms with Crippen molar-refractivity contribution < 1.29 is 14.2 Å². The number of rotatable bonds is 4. The van der Waals surface area contributed by atoms with Crippen LogP contribution >= 0.6 is 0 Å². The van der Waals surface area contributed by atoms with Gasteiger partial charge >= 0.3 is 0 Å². The van der Waals surface area contributed by atoms with Crippen molar-refractivity contribution in [3.63, 3.8) is 0 Å². The Labute approximate surface area is 128 Å². The van der Waals surface area contributed by atoms with Crippen molar-refractivity contribution in [3.05, 3.63) is 48.5 Å². The van der Waals surface area contributed by atoms with Crippen LogP contribution in [-0.4, -0.2) is 19.2 Å². The second-order valence-corrected chi connectivity index (χ2v) is 4.72. The molecule has 0 amide bonds. The predicted molar refractivity (Wildman–Crippen MR) is 85.8 cm³/mol. The van der Waals surface area contributed by atoms with E-state index in [4.69, 9.17) is 19.9 Å². The average molecular weight is 296 g/mol. The Bertz CT molecular complexity index is 801. The summed E-state index contributed by atoms with van der Waals surface area (Å²) < 4.78 is 16.4. The van der Waals surface area contributed by atoms with Crippen molar-refractivity contribution in [2.75, 3.05) is 20.0 Å². The van der Waals surface area contributed by atoms with Crippen molar-refractivity contribution in [3.8, 4) is 23.1 Å². The third-order valence-corrected chi connectivity index (χ3v) is 3.28. The van der Waals surface area contributed by atoms with Crippen LogP contribution in [0.5, 0.6) is 23.1 Å². The van der Waals surface area contributed by atoms with Gasteiger partial charge in [0.15, 0.2) is 0 Å². The number of aromatic nitrogens is 1. The zero-order chi connectivity index (χ0) is 15.5. The lowest BCUT2D eigenvalue weighted by Crippen LogP contribution is -1.93. The van der Waals surface area contributed by atoms with Crippen molar-refractivity contribution in [1.29, 1.82) is 0 Å². The number of ether oxygens (including phenoxy) is 3. The summed E-state index contributed by atoms with van der Waals surface area (Å²) in [5, 5.41) is 0.896. The number of methoxy groups -OCH3 is 2. The molecule has 0 bridgehead atoms. The van der Waals surface area contributed by atoms with E-state index < -0.39 is 0 Å². The smallest absolute Gasteiger partial charge is 0.219 e. The van der Waals surface area contributed by atoms with Crippen molar-refractivity contribution in [2.24, 2.45) is 0 Å². The maximum atomic E-state index is 5.74. The highest BCUT2D eigenvalue weighted by atomic mass is 16.5. The zero-order valence-electron chi connectivity index (χ0n) is 12.4. The Balaban J connectivity index is 1.99. The van der Waals surface area contributed by atoms with Crippen molar-refractivity contribution in [2.45, 2.75) is 0 Å². The highest BCUT2D eigenvalue weighted by Crippen LogP contribution is 2.32. The van der Waals surface area contributed by atoms with Crippen molar-refractivity contribution >= 4 is 16.6 Å². The van der Waals surface area contributed by atoms with Crippen LogP contribution in [0.1, 0.15) is 0 Å². The molecule has 0 radical (unpaired) electrons. The SMILES string of the molecule is COc1cc(OC)c2ccc(Oc3ccc(N)cc3)nc2c1. The zero-order valence-corrected chi connectivity index (χ0v) is 12.4. The number of fused-ring (bicyclic) bond motifs is 1. The molecule has 2 aromatic carbocycles. The van der Waals surface area contributed by atoms with Crippen LogP contribution in [-0.2, 0) is 0 Å². The van der Waals surface area contributed by atoms with Crippen LogP contribution < -0.4 is 19.9 Å². The van der Waals surface area contributed by atoms with Crippen LogP contribution in [0.3, 0.4) is 0 Å². The molecule has 0 saturated carbocycles. The van der Waals surface area contributed by atoms with Crippen LogP contribution in [0.4, 0.5) is 5.69 Å². The van der Waals surface area contributed by atoms with Crippen LogP contribution in [0.25, 0.3) is 10.9 Å². The fourth-order valence-corrected chi connectivity index (χ4v) is 2.16. The van der Waals surface area contributed by atoms with E-state index in [2.05, 4.69) is 4.98 Å². The molecule has 0 spiro atoms. The van der Waals surface area contributed by atoms with Gasteiger partial charge in [0.2, 0.25) is 5.88 Å². The molecular weight excluding hydrogens is 280 g/mol. The van der Waals surface area contributed by atoms with Gasteiger partial charge in [0.05, 0.1) is 19.7 Å². The van der Waals surface area contributed by atoms with E-state index in [1.54, 1.807) is 44.6 Å². The van der Waals surface area contributed by atoms with Crippen LogP contribution in [0.15, 0.2) is 48.5 Å². The van der Waals surface area contributed by atoms with E-state index in [1.165, 1.54) is 0 Å². The van der Waals surface area contributed by atoms with Gasteiger partial charge in [0, 0.05) is 29.3 Å².